The fourth-order valence-electron chi connectivity index (χ4n) is 2.44. The second kappa shape index (κ2) is 2.22. The van der Waals surface area contributed by atoms with Crippen molar-refractivity contribution in [3.63, 3.8) is 0 Å². The van der Waals surface area contributed by atoms with Crippen molar-refractivity contribution < 1.29 is 4.74 Å². The monoisotopic (exact) mass is 161 g/mol. The van der Waals surface area contributed by atoms with Crippen molar-refractivity contribution >= 4 is 6.40 Å². The third kappa shape index (κ3) is 0.724. The van der Waals surface area contributed by atoms with Crippen LogP contribution in [0.2, 0.25) is 0 Å². The highest BCUT2D eigenvalue weighted by Crippen LogP contribution is 2.41. The van der Waals surface area contributed by atoms with Crippen LogP contribution in [0.15, 0.2) is 29.3 Å². The van der Waals surface area contributed by atoms with Gasteiger partial charge in [-0.2, -0.15) is 0 Å². The molecule has 0 spiro atoms. The largest absolute Gasteiger partial charge is 0.478 e. The number of nitrogens with zero attached hydrogens (tertiary/aromatic N) is 1. The van der Waals surface area contributed by atoms with Gasteiger partial charge < -0.3 is 4.74 Å². The maximum absolute atomic E-state index is 5.41. The van der Waals surface area contributed by atoms with E-state index in [0.29, 0.717) is 24.0 Å². The molecule has 0 aromatic heterocycles. The third-order valence-electron chi connectivity index (χ3n) is 3.05. The Kier molecular flexibility index (Phi) is 1.20. The van der Waals surface area contributed by atoms with E-state index in [1.807, 2.05) is 0 Å². The van der Waals surface area contributed by atoms with E-state index in [-0.39, 0.29) is 0 Å². The maximum atomic E-state index is 5.41. The van der Waals surface area contributed by atoms with Gasteiger partial charge in [0, 0.05) is 5.92 Å². The van der Waals surface area contributed by atoms with Crippen LogP contribution in [-0.4, -0.2) is 18.5 Å². The minimum atomic E-state index is 0.354. The van der Waals surface area contributed by atoms with Gasteiger partial charge in [0.15, 0.2) is 6.40 Å². The van der Waals surface area contributed by atoms with Gasteiger partial charge in [-0.25, -0.2) is 0 Å². The molecule has 3 aliphatic rings. The standard InChI is InChI=1S/C10H11NO/c1-2-4-8-7(3-1)5-9-10(8)11-6-12-9/h1-4,6-10H,5H2/t7?,8?,9-,10+/m1/s1. The summed E-state index contributed by atoms with van der Waals surface area (Å²) >= 11 is 0. The lowest BCUT2D eigenvalue weighted by molar-refractivity contribution is 0.214. The minimum absolute atomic E-state index is 0.354. The Labute approximate surface area is 71.6 Å². The summed E-state index contributed by atoms with van der Waals surface area (Å²) in [6, 6.07) is 0.399. The fraction of sp³-hybridized carbons (Fsp3) is 0.500. The predicted octanol–water partition coefficient (Wildman–Crippen LogP) is 1.54. The van der Waals surface area contributed by atoms with Gasteiger partial charge in [0.25, 0.3) is 0 Å². The quantitative estimate of drug-likeness (QED) is 0.528. The molecule has 3 rings (SSSR count). The smallest absolute Gasteiger partial charge is 0.170 e. The molecule has 4 atom stereocenters. The second-order valence-electron chi connectivity index (χ2n) is 3.67. The zero-order valence-corrected chi connectivity index (χ0v) is 6.76. The second-order valence-corrected chi connectivity index (χ2v) is 3.67. The van der Waals surface area contributed by atoms with Crippen LogP contribution in [0.5, 0.6) is 0 Å². The number of fused-ring (bicyclic) bond motifs is 3. The molecule has 1 heterocycles. The zero-order valence-electron chi connectivity index (χ0n) is 6.76. The van der Waals surface area contributed by atoms with Gasteiger partial charge in [-0.1, -0.05) is 24.3 Å². The first-order valence-corrected chi connectivity index (χ1v) is 4.47. The number of rotatable bonds is 0. The molecule has 2 heteroatoms. The van der Waals surface area contributed by atoms with Gasteiger partial charge in [0.1, 0.15) is 6.10 Å². The summed E-state index contributed by atoms with van der Waals surface area (Å²) in [5.74, 6) is 1.26. The van der Waals surface area contributed by atoms with E-state index in [9.17, 15) is 0 Å². The first-order chi connectivity index (χ1) is 5.95. The highest BCUT2D eigenvalue weighted by atomic mass is 16.5. The molecule has 1 aliphatic heterocycles. The summed E-state index contributed by atoms with van der Waals surface area (Å²) in [5, 5.41) is 0. The summed E-state index contributed by atoms with van der Waals surface area (Å²) in [7, 11) is 0. The molecule has 62 valence electrons. The Hall–Kier alpha value is -1.05. The Morgan fingerprint density at radius 2 is 2.17 bits per heavy atom. The Morgan fingerprint density at radius 3 is 3.17 bits per heavy atom. The molecule has 0 radical (unpaired) electrons. The molecule has 0 aromatic rings. The lowest BCUT2D eigenvalue weighted by atomic mass is 9.90. The lowest BCUT2D eigenvalue weighted by Crippen LogP contribution is -2.20. The van der Waals surface area contributed by atoms with Crippen molar-refractivity contribution in [2.45, 2.75) is 18.6 Å². The Bertz CT molecular complexity index is 280. The van der Waals surface area contributed by atoms with Crippen LogP contribution < -0.4 is 0 Å². The predicted molar refractivity (Wildman–Crippen MR) is 47.0 cm³/mol. The van der Waals surface area contributed by atoms with Crippen molar-refractivity contribution in [1.29, 1.82) is 0 Å². The van der Waals surface area contributed by atoms with Crippen LogP contribution in [0, 0.1) is 11.8 Å². The van der Waals surface area contributed by atoms with E-state index in [0.717, 1.165) is 6.42 Å². The number of hydrogen-bond donors (Lipinski definition) is 0. The number of aliphatic imine (C=N–C) groups is 1. The molecule has 12 heavy (non-hydrogen) atoms. The van der Waals surface area contributed by atoms with E-state index >= 15 is 0 Å². The summed E-state index contributed by atoms with van der Waals surface area (Å²) in [6.45, 7) is 0. The van der Waals surface area contributed by atoms with E-state index in [1.165, 1.54) is 0 Å². The van der Waals surface area contributed by atoms with Crippen LogP contribution >= 0.6 is 0 Å². The van der Waals surface area contributed by atoms with Gasteiger partial charge >= 0.3 is 0 Å². The van der Waals surface area contributed by atoms with Crippen LogP contribution in [0.4, 0.5) is 0 Å². The first kappa shape index (κ1) is 6.46. The molecule has 0 aromatic carbocycles. The molecule has 1 saturated carbocycles. The van der Waals surface area contributed by atoms with Crippen LogP contribution in [-0.2, 0) is 4.74 Å². The average Bonchev–Trinajstić information content (AvgIpc) is 2.62. The summed E-state index contributed by atoms with van der Waals surface area (Å²) < 4.78 is 5.41. The highest BCUT2D eigenvalue weighted by molar-refractivity contribution is 5.51. The SMILES string of the molecule is C1=CC2C[C@H]3OC=N[C@H]3C2C=C1. The average molecular weight is 161 g/mol. The molecular weight excluding hydrogens is 150 g/mol. The van der Waals surface area contributed by atoms with E-state index in [4.69, 9.17) is 4.74 Å². The van der Waals surface area contributed by atoms with Crippen molar-refractivity contribution in [1.82, 2.24) is 0 Å². The van der Waals surface area contributed by atoms with Crippen molar-refractivity contribution in [3.8, 4) is 0 Å². The van der Waals surface area contributed by atoms with Crippen molar-refractivity contribution in [2.75, 3.05) is 0 Å². The number of ether oxygens (including phenoxy) is 1. The van der Waals surface area contributed by atoms with E-state index < -0.39 is 0 Å². The third-order valence-corrected chi connectivity index (χ3v) is 3.05. The summed E-state index contributed by atoms with van der Waals surface area (Å²) in [4.78, 5) is 4.35. The molecule has 1 fully saturated rings. The molecule has 2 unspecified atom stereocenters. The topological polar surface area (TPSA) is 21.6 Å². The highest BCUT2D eigenvalue weighted by Gasteiger charge is 2.44. The van der Waals surface area contributed by atoms with Crippen LogP contribution in [0.3, 0.4) is 0 Å². The lowest BCUT2D eigenvalue weighted by Gasteiger charge is -2.16. The maximum Gasteiger partial charge on any atom is 0.170 e. The number of allylic oxidation sites excluding steroid dienone is 3. The fourth-order valence-corrected chi connectivity index (χ4v) is 2.44. The first-order valence-electron chi connectivity index (χ1n) is 4.47. The summed E-state index contributed by atoms with van der Waals surface area (Å²) in [5.41, 5.74) is 0. The molecule has 0 amide bonds. The minimum Gasteiger partial charge on any atom is -0.478 e. The van der Waals surface area contributed by atoms with Crippen molar-refractivity contribution in [2.24, 2.45) is 16.8 Å². The van der Waals surface area contributed by atoms with Gasteiger partial charge in [-0.05, 0) is 12.3 Å². The molecular formula is C10H11NO. The summed E-state index contributed by atoms with van der Waals surface area (Å²) in [6.07, 6.45) is 11.9. The van der Waals surface area contributed by atoms with Crippen LogP contribution in [0.25, 0.3) is 0 Å². The molecule has 0 saturated heterocycles. The van der Waals surface area contributed by atoms with E-state index in [2.05, 4.69) is 29.3 Å². The Morgan fingerprint density at radius 1 is 1.25 bits per heavy atom. The molecule has 2 nitrogen and oxygen atoms in total. The van der Waals surface area contributed by atoms with E-state index in [1.54, 1.807) is 6.40 Å². The number of hydrogen-bond acceptors (Lipinski definition) is 2. The molecule has 0 N–H and O–H groups in total. The van der Waals surface area contributed by atoms with Gasteiger partial charge in [-0.3, -0.25) is 4.99 Å². The molecule has 0 bridgehead atoms. The van der Waals surface area contributed by atoms with Crippen LogP contribution in [0.1, 0.15) is 6.42 Å². The molecule has 2 aliphatic carbocycles. The zero-order chi connectivity index (χ0) is 7.97. The van der Waals surface area contributed by atoms with Gasteiger partial charge in [0.05, 0.1) is 6.04 Å². The van der Waals surface area contributed by atoms with Crippen molar-refractivity contribution in [3.05, 3.63) is 24.3 Å². The normalized spacial score (nSPS) is 47.3. The van der Waals surface area contributed by atoms with Gasteiger partial charge in [-0.15, -0.1) is 0 Å². The Balaban J connectivity index is 1.94. The van der Waals surface area contributed by atoms with Gasteiger partial charge in [0.2, 0.25) is 0 Å².